The van der Waals surface area contributed by atoms with Crippen molar-refractivity contribution >= 4 is 54.0 Å². The largest absolute Gasteiger partial charge is 0.329 e. The lowest BCUT2D eigenvalue weighted by molar-refractivity contribution is 1.07. The monoisotopic (exact) mass is 358 g/mol. The van der Waals surface area contributed by atoms with Gasteiger partial charge in [-0.05, 0) is 34.1 Å². The third kappa shape index (κ3) is 2.58. The summed E-state index contributed by atoms with van der Waals surface area (Å²) in [6.07, 6.45) is 0. The number of hydrogen-bond acceptors (Lipinski definition) is 5. The van der Waals surface area contributed by atoms with Crippen molar-refractivity contribution < 1.29 is 0 Å². The van der Waals surface area contributed by atoms with Crippen molar-refractivity contribution in [2.45, 2.75) is 0 Å². The van der Waals surface area contributed by atoms with Gasteiger partial charge in [0.2, 0.25) is 5.13 Å². The highest BCUT2D eigenvalue weighted by Crippen LogP contribution is 2.27. The van der Waals surface area contributed by atoms with E-state index in [1.54, 1.807) is 6.07 Å². The lowest BCUT2D eigenvalue weighted by Gasteiger charge is -2.04. The Balaban J connectivity index is 2.31. The standard InChI is InChI=1S/C9H4Br2N4S/c10-6-1-2-7(5(3-6)4-12)13-9-15-14-8(11)16-9/h1-3H,(H,13,15). The fourth-order valence-corrected chi connectivity index (χ4v) is 2.47. The molecule has 16 heavy (non-hydrogen) atoms. The van der Waals surface area contributed by atoms with Crippen LogP contribution in [0.15, 0.2) is 26.6 Å². The van der Waals surface area contributed by atoms with Gasteiger partial charge >= 0.3 is 0 Å². The summed E-state index contributed by atoms with van der Waals surface area (Å²) in [5.41, 5.74) is 1.27. The van der Waals surface area contributed by atoms with E-state index in [9.17, 15) is 0 Å². The highest BCUT2D eigenvalue weighted by Gasteiger charge is 2.06. The molecular weight excluding hydrogens is 356 g/mol. The predicted octanol–water partition coefficient (Wildman–Crippen LogP) is 3.68. The molecule has 0 aliphatic heterocycles. The second-order valence-electron chi connectivity index (χ2n) is 2.79. The van der Waals surface area contributed by atoms with Gasteiger partial charge in [0.1, 0.15) is 6.07 Å². The van der Waals surface area contributed by atoms with E-state index in [1.807, 2.05) is 12.1 Å². The summed E-state index contributed by atoms with van der Waals surface area (Å²) >= 11 is 7.91. The molecule has 0 atom stereocenters. The Morgan fingerprint density at radius 3 is 2.75 bits per heavy atom. The van der Waals surface area contributed by atoms with Crippen LogP contribution in [-0.4, -0.2) is 10.2 Å². The van der Waals surface area contributed by atoms with Gasteiger partial charge in [-0.25, -0.2) is 0 Å². The molecule has 2 aromatic rings. The topological polar surface area (TPSA) is 61.6 Å². The van der Waals surface area contributed by atoms with Crippen molar-refractivity contribution in [3.05, 3.63) is 32.2 Å². The van der Waals surface area contributed by atoms with E-state index in [0.717, 1.165) is 4.47 Å². The van der Waals surface area contributed by atoms with Crippen LogP contribution in [0.25, 0.3) is 0 Å². The fraction of sp³-hybridized carbons (Fsp3) is 0. The molecule has 0 saturated carbocycles. The third-order valence-corrected chi connectivity index (χ3v) is 3.51. The molecule has 1 N–H and O–H groups in total. The normalized spacial score (nSPS) is 9.81. The van der Waals surface area contributed by atoms with Crippen molar-refractivity contribution in [3.63, 3.8) is 0 Å². The molecule has 0 aliphatic rings. The highest BCUT2D eigenvalue weighted by molar-refractivity contribution is 9.11. The maximum absolute atomic E-state index is 8.97. The van der Waals surface area contributed by atoms with Crippen molar-refractivity contribution in [1.82, 2.24) is 10.2 Å². The first-order chi connectivity index (χ1) is 7.69. The first-order valence-corrected chi connectivity index (χ1v) is 6.55. The number of nitriles is 1. The summed E-state index contributed by atoms with van der Waals surface area (Å²) in [7, 11) is 0. The van der Waals surface area contributed by atoms with Crippen LogP contribution in [0.5, 0.6) is 0 Å². The number of aromatic nitrogens is 2. The minimum atomic E-state index is 0.556. The van der Waals surface area contributed by atoms with Gasteiger partial charge in [0, 0.05) is 4.47 Å². The van der Waals surface area contributed by atoms with Crippen LogP contribution in [0.2, 0.25) is 0 Å². The van der Waals surface area contributed by atoms with E-state index >= 15 is 0 Å². The molecule has 80 valence electrons. The number of benzene rings is 1. The third-order valence-electron chi connectivity index (χ3n) is 1.74. The van der Waals surface area contributed by atoms with Crippen molar-refractivity contribution in [2.75, 3.05) is 5.32 Å². The van der Waals surface area contributed by atoms with Gasteiger partial charge in [0.15, 0.2) is 3.92 Å². The average Bonchev–Trinajstić information content (AvgIpc) is 2.67. The fourth-order valence-electron chi connectivity index (χ4n) is 1.09. The van der Waals surface area contributed by atoms with Gasteiger partial charge in [0.05, 0.1) is 11.3 Å². The lowest BCUT2D eigenvalue weighted by Crippen LogP contribution is -1.93. The van der Waals surface area contributed by atoms with E-state index in [4.69, 9.17) is 5.26 Å². The zero-order chi connectivity index (χ0) is 11.5. The molecule has 2 rings (SSSR count). The molecule has 4 nitrogen and oxygen atoms in total. The molecule has 0 amide bonds. The number of rotatable bonds is 2. The van der Waals surface area contributed by atoms with Crippen LogP contribution in [0.4, 0.5) is 10.8 Å². The quantitative estimate of drug-likeness (QED) is 0.888. The summed E-state index contributed by atoms with van der Waals surface area (Å²) in [4.78, 5) is 0. The molecule has 1 heterocycles. The number of nitrogens with zero attached hydrogens (tertiary/aromatic N) is 3. The molecule has 1 aromatic carbocycles. The van der Waals surface area contributed by atoms with Crippen LogP contribution in [0, 0.1) is 11.3 Å². The number of anilines is 2. The second kappa shape index (κ2) is 4.91. The summed E-state index contributed by atoms with van der Waals surface area (Å²) in [5.74, 6) is 0. The van der Waals surface area contributed by atoms with Gasteiger partial charge in [-0.3, -0.25) is 0 Å². The molecule has 0 spiro atoms. The Morgan fingerprint density at radius 2 is 2.12 bits per heavy atom. The molecule has 0 bridgehead atoms. The van der Waals surface area contributed by atoms with Crippen LogP contribution in [-0.2, 0) is 0 Å². The molecular formula is C9H4Br2N4S. The van der Waals surface area contributed by atoms with Gasteiger partial charge in [0.25, 0.3) is 0 Å². The molecule has 0 unspecified atom stereocenters. The number of nitrogens with one attached hydrogen (secondary N) is 1. The maximum Gasteiger partial charge on any atom is 0.210 e. The van der Waals surface area contributed by atoms with Crippen molar-refractivity contribution in [1.29, 1.82) is 5.26 Å². The summed E-state index contributed by atoms with van der Waals surface area (Å²) in [6.45, 7) is 0. The van der Waals surface area contributed by atoms with E-state index in [1.165, 1.54) is 11.3 Å². The summed E-state index contributed by atoms with van der Waals surface area (Å²) in [5, 5.41) is 20.4. The first kappa shape index (κ1) is 11.5. The summed E-state index contributed by atoms with van der Waals surface area (Å²) < 4.78 is 1.57. The molecule has 0 fully saturated rings. The Hall–Kier alpha value is -0.970. The Bertz CT molecular complexity index is 561. The zero-order valence-corrected chi connectivity index (χ0v) is 11.7. The van der Waals surface area contributed by atoms with E-state index in [2.05, 4.69) is 53.4 Å². The van der Waals surface area contributed by atoms with Crippen molar-refractivity contribution in [2.24, 2.45) is 0 Å². The van der Waals surface area contributed by atoms with E-state index in [0.29, 0.717) is 20.3 Å². The molecule has 7 heteroatoms. The molecule has 0 aliphatic carbocycles. The molecule has 0 saturated heterocycles. The highest BCUT2D eigenvalue weighted by atomic mass is 79.9. The Labute approximate surface area is 113 Å². The van der Waals surface area contributed by atoms with Gasteiger partial charge < -0.3 is 5.32 Å². The van der Waals surface area contributed by atoms with Gasteiger partial charge in [-0.2, -0.15) is 5.26 Å². The lowest BCUT2D eigenvalue weighted by atomic mass is 10.2. The molecule has 1 aromatic heterocycles. The first-order valence-electron chi connectivity index (χ1n) is 4.15. The average molecular weight is 360 g/mol. The Morgan fingerprint density at radius 1 is 1.31 bits per heavy atom. The predicted molar refractivity (Wildman–Crippen MR) is 69.7 cm³/mol. The number of hydrogen-bond donors (Lipinski definition) is 1. The minimum Gasteiger partial charge on any atom is -0.329 e. The zero-order valence-electron chi connectivity index (χ0n) is 7.74. The van der Waals surface area contributed by atoms with Crippen LogP contribution < -0.4 is 5.32 Å². The van der Waals surface area contributed by atoms with Gasteiger partial charge in [-0.15, -0.1) is 10.2 Å². The van der Waals surface area contributed by atoms with E-state index < -0.39 is 0 Å². The maximum atomic E-state index is 8.97. The number of halogens is 2. The SMILES string of the molecule is N#Cc1cc(Br)ccc1Nc1nnc(Br)s1. The van der Waals surface area contributed by atoms with E-state index in [-0.39, 0.29) is 0 Å². The van der Waals surface area contributed by atoms with Crippen LogP contribution in [0.1, 0.15) is 5.56 Å². The van der Waals surface area contributed by atoms with Crippen LogP contribution in [0.3, 0.4) is 0 Å². The smallest absolute Gasteiger partial charge is 0.210 e. The summed E-state index contributed by atoms with van der Waals surface area (Å²) in [6, 6.07) is 7.54. The second-order valence-corrected chi connectivity index (χ2v) is 5.96. The molecule has 0 radical (unpaired) electrons. The Kier molecular flexibility index (Phi) is 3.53. The van der Waals surface area contributed by atoms with Crippen LogP contribution >= 0.6 is 43.2 Å². The van der Waals surface area contributed by atoms with Gasteiger partial charge in [-0.1, -0.05) is 27.3 Å². The minimum absolute atomic E-state index is 0.556. The van der Waals surface area contributed by atoms with Crippen molar-refractivity contribution in [3.8, 4) is 6.07 Å².